The molecule has 0 radical (unpaired) electrons. The summed E-state index contributed by atoms with van der Waals surface area (Å²) in [6, 6.07) is 15.3. The van der Waals surface area contributed by atoms with Crippen molar-refractivity contribution >= 4 is 63.7 Å². The molecule has 1 N–H and O–H groups in total. The van der Waals surface area contributed by atoms with Crippen LogP contribution in [0.15, 0.2) is 64.5 Å². The van der Waals surface area contributed by atoms with Gasteiger partial charge in [0.25, 0.3) is 5.17 Å². The number of aliphatic carboxylic acids is 1. The Labute approximate surface area is 191 Å². The van der Waals surface area contributed by atoms with Gasteiger partial charge in [0.05, 0.1) is 11.4 Å². The topological polar surface area (TPSA) is 77.7 Å². The number of carbonyl (C=O) groups is 1. The average Bonchev–Trinajstić information content (AvgIpc) is 3.02. The molecule has 160 valence electrons. The molecule has 0 amide bonds. The molecule has 0 unspecified atom stereocenters. The summed E-state index contributed by atoms with van der Waals surface area (Å²) in [5.74, 6) is -0.684. The quantitative estimate of drug-likeness (QED) is 0.329. The predicted octanol–water partition coefficient (Wildman–Crippen LogP) is 5.32. The molecule has 2 aromatic carbocycles. The zero-order valence-corrected chi connectivity index (χ0v) is 18.8. The number of hydrogen-bond acceptors (Lipinski definition) is 7. The van der Waals surface area contributed by atoms with E-state index in [4.69, 9.17) is 34.3 Å². The minimum absolute atomic E-state index is 0.0380. The Bertz CT molecular complexity index is 1030. The van der Waals surface area contributed by atoms with Crippen molar-refractivity contribution in [2.24, 2.45) is 10.2 Å². The molecule has 1 heterocycles. The fourth-order valence-corrected chi connectivity index (χ4v) is 3.55. The molecular formula is C22H22N4O3S2. The fourth-order valence-electron chi connectivity index (χ4n) is 2.99. The molecule has 0 atom stereocenters. The number of rotatable bonds is 8. The molecule has 2 aromatic rings. The number of benzene rings is 2. The van der Waals surface area contributed by atoms with Crippen LogP contribution in [0.25, 0.3) is 6.08 Å². The van der Waals surface area contributed by atoms with Crippen LogP contribution in [0.3, 0.4) is 0 Å². The second kappa shape index (κ2) is 10.2. The summed E-state index contributed by atoms with van der Waals surface area (Å²) in [6.07, 6.45) is 1.71. The standard InChI is InChI=1S/C22H22N4O3S2/c1-3-25(4-2)18-11-9-17(10-12-18)24-23-16-7-5-15(6-8-16)13-19-21(30)26(14-20(27)28)22(31)29-19/h5-13H,3-4,14H2,1-2H3,(H,27,28). The van der Waals surface area contributed by atoms with Crippen molar-refractivity contribution in [1.29, 1.82) is 0 Å². The van der Waals surface area contributed by atoms with Crippen molar-refractivity contribution in [3.63, 3.8) is 0 Å². The van der Waals surface area contributed by atoms with Gasteiger partial charge in [-0.25, -0.2) is 0 Å². The lowest BCUT2D eigenvalue weighted by molar-refractivity contribution is -0.136. The van der Waals surface area contributed by atoms with Crippen LogP contribution in [0.5, 0.6) is 0 Å². The number of carboxylic acids is 1. The SMILES string of the molecule is CCN(CC)c1ccc(N=Nc2ccc(C=C3OC(=S)N(CC(=O)O)C3=S)cc2)cc1. The lowest BCUT2D eigenvalue weighted by Crippen LogP contribution is -2.32. The molecule has 0 aromatic heterocycles. The number of hydrogen-bond donors (Lipinski definition) is 1. The number of carboxylic acid groups (broad SMARTS) is 1. The largest absolute Gasteiger partial charge is 0.480 e. The van der Waals surface area contributed by atoms with Crippen LogP contribution < -0.4 is 4.90 Å². The lowest BCUT2D eigenvalue weighted by Gasteiger charge is -2.20. The lowest BCUT2D eigenvalue weighted by atomic mass is 10.2. The zero-order valence-electron chi connectivity index (χ0n) is 17.2. The predicted molar refractivity (Wildman–Crippen MR) is 129 cm³/mol. The van der Waals surface area contributed by atoms with Crippen molar-refractivity contribution in [1.82, 2.24) is 4.90 Å². The summed E-state index contributed by atoms with van der Waals surface area (Å²) in [7, 11) is 0. The molecule has 7 nitrogen and oxygen atoms in total. The van der Waals surface area contributed by atoms with E-state index in [0.29, 0.717) is 11.4 Å². The highest BCUT2D eigenvalue weighted by Crippen LogP contribution is 2.24. The third-order valence-electron chi connectivity index (χ3n) is 4.62. The van der Waals surface area contributed by atoms with Gasteiger partial charge >= 0.3 is 5.97 Å². The van der Waals surface area contributed by atoms with Crippen LogP contribution in [0.4, 0.5) is 17.1 Å². The Balaban J connectivity index is 1.67. The molecule has 31 heavy (non-hydrogen) atoms. The van der Waals surface area contributed by atoms with Crippen LogP contribution in [0.1, 0.15) is 19.4 Å². The first-order valence-corrected chi connectivity index (χ1v) is 10.6. The molecule has 0 bridgehead atoms. The highest BCUT2D eigenvalue weighted by molar-refractivity contribution is 7.82. The van der Waals surface area contributed by atoms with Gasteiger partial charge in [-0.3, -0.25) is 9.69 Å². The van der Waals surface area contributed by atoms with Gasteiger partial charge in [-0.1, -0.05) is 24.4 Å². The van der Waals surface area contributed by atoms with Gasteiger partial charge in [0.15, 0.2) is 10.7 Å². The van der Waals surface area contributed by atoms with E-state index in [-0.39, 0.29) is 16.7 Å². The Hall–Kier alpha value is -3.17. The van der Waals surface area contributed by atoms with Crippen molar-refractivity contribution < 1.29 is 14.6 Å². The van der Waals surface area contributed by atoms with Gasteiger partial charge in [-0.2, -0.15) is 10.2 Å². The molecule has 1 aliphatic rings. The van der Waals surface area contributed by atoms with E-state index in [1.54, 1.807) is 6.08 Å². The molecule has 0 aliphatic carbocycles. The normalized spacial score (nSPS) is 15.0. The highest BCUT2D eigenvalue weighted by atomic mass is 32.1. The maximum atomic E-state index is 10.9. The molecule has 1 fully saturated rings. The van der Waals surface area contributed by atoms with Crippen molar-refractivity contribution in [2.45, 2.75) is 13.8 Å². The average molecular weight is 455 g/mol. The van der Waals surface area contributed by atoms with Crippen molar-refractivity contribution in [2.75, 3.05) is 24.5 Å². The van der Waals surface area contributed by atoms with Gasteiger partial charge in [0.2, 0.25) is 0 Å². The summed E-state index contributed by atoms with van der Waals surface area (Å²) in [5, 5.41) is 17.6. The first-order chi connectivity index (χ1) is 14.9. The van der Waals surface area contributed by atoms with Crippen LogP contribution in [-0.4, -0.2) is 45.8 Å². The summed E-state index contributed by atoms with van der Waals surface area (Å²) in [5.41, 5.74) is 3.46. The van der Waals surface area contributed by atoms with Gasteiger partial charge < -0.3 is 14.7 Å². The summed E-state index contributed by atoms with van der Waals surface area (Å²) >= 11 is 10.3. The van der Waals surface area contributed by atoms with E-state index in [1.165, 1.54) is 4.90 Å². The molecule has 0 spiro atoms. The summed E-state index contributed by atoms with van der Waals surface area (Å²) < 4.78 is 5.44. The molecule has 0 saturated carbocycles. The van der Waals surface area contributed by atoms with E-state index in [2.05, 4.69) is 29.0 Å². The minimum atomic E-state index is -1.04. The number of anilines is 1. The summed E-state index contributed by atoms with van der Waals surface area (Å²) in [6.45, 7) is 5.84. The van der Waals surface area contributed by atoms with E-state index < -0.39 is 5.97 Å². The fraction of sp³-hybridized carbons (Fsp3) is 0.227. The van der Waals surface area contributed by atoms with Gasteiger partial charge in [-0.05, 0) is 74.1 Å². The van der Waals surface area contributed by atoms with E-state index in [9.17, 15) is 4.79 Å². The van der Waals surface area contributed by atoms with Gasteiger partial charge in [0, 0.05) is 18.8 Å². The van der Waals surface area contributed by atoms with Crippen LogP contribution in [0, 0.1) is 0 Å². The van der Waals surface area contributed by atoms with Crippen molar-refractivity contribution in [3.05, 3.63) is 59.9 Å². The van der Waals surface area contributed by atoms with Crippen molar-refractivity contribution in [3.8, 4) is 0 Å². The Morgan fingerprint density at radius 1 is 1.03 bits per heavy atom. The Morgan fingerprint density at radius 2 is 1.58 bits per heavy atom. The monoisotopic (exact) mass is 454 g/mol. The van der Waals surface area contributed by atoms with Gasteiger partial charge in [-0.15, -0.1) is 0 Å². The zero-order chi connectivity index (χ0) is 22.4. The number of nitrogens with zero attached hydrogens (tertiary/aromatic N) is 4. The van der Waals surface area contributed by atoms with Crippen LogP contribution in [-0.2, 0) is 9.53 Å². The van der Waals surface area contributed by atoms with E-state index in [1.807, 2.05) is 48.5 Å². The Kier molecular flexibility index (Phi) is 7.43. The maximum absolute atomic E-state index is 10.9. The van der Waals surface area contributed by atoms with Gasteiger partial charge in [0.1, 0.15) is 6.54 Å². The molecule has 3 rings (SSSR count). The molecule has 9 heteroatoms. The molecule has 1 saturated heterocycles. The maximum Gasteiger partial charge on any atom is 0.323 e. The molecular weight excluding hydrogens is 432 g/mol. The first-order valence-electron chi connectivity index (χ1n) is 9.75. The first kappa shape index (κ1) is 22.5. The van der Waals surface area contributed by atoms with Crippen LogP contribution >= 0.6 is 24.4 Å². The summed E-state index contributed by atoms with van der Waals surface area (Å²) in [4.78, 5) is 14.7. The Morgan fingerprint density at radius 3 is 2.10 bits per heavy atom. The molecule has 1 aliphatic heterocycles. The number of ether oxygens (including phenoxy) is 1. The van der Waals surface area contributed by atoms with E-state index >= 15 is 0 Å². The third kappa shape index (κ3) is 5.71. The van der Waals surface area contributed by atoms with E-state index in [0.717, 1.165) is 30.0 Å². The highest BCUT2D eigenvalue weighted by Gasteiger charge is 2.31. The van der Waals surface area contributed by atoms with Crippen LogP contribution in [0.2, 0.25) is 0 Å². The second-order valence-electron chi connectivity index (χ2n) is 6.64. The number of thiocarbonyl (C=S) groups is 2. The smallest absolute Gasteiger partial charge is 0.323 e. The number of azo groups is 1. The third-order valence-corrected chi connectivity index (χ3v) is 5.34. The second-order valence-corrected chi connectivity index (χ2v) is 7.38. The minimum Gasteiger partial charge on any atom is -0.480 e.